The summed E-state index contributed by atoms with van der Waals surface area (Å²) in [5.74, 6) is -9.97. The van der Waals surface area contributed by atoms with Crippen LogP contribution in [0.25, 0.3) is 0 Å². The Kier molecular flexibility index (Phi) is 27.7. The van der Waals surface area contributed by atoms with E-state index in [2.05, 4.69) is 42.2 Å². The van der Waals surface area contributed by atoms with Crippen LogP contribution < -0.4 is 60.2 Å². The lowest BCUT2D eigenvalue weighted by molar-refractivity contribution is -0.149. The normalized spacial score (nSPS) is 27.9. The van der Waals surface area contributed by atoms with Gasteiger partial charge in [0.2, 0.25) is 59.1 Å². The van der Waals surface area contributed by atoms with Gasteiger partial charge in [0, 0.05) is 32.6 Å². The van der Waals surface area contributed by atoms with Gasteiger partial charge in [-0.1, -0.05) is 54.4 Å². The number of guanidine groups is 1. The van der Waals surface area contributed by atoms with Gasteiger partial charge >= 0.3 is 5.97 Å². The van der Waals surface area contributed by atoms with Crippen molar-refractivity contribution in [2.24, 2.45) is 45.7 Å². The standard InChI is InChI=1S/C55H95N15O12/c1-7-32(5)43-51(79)65-42(31(3)4)50(78)63-35(19-13-27-60-55(58)59)45(73)61-34(17-9-11-25-56)46(74)64-37(18-10-12-26-57)52(80)68-28-14-21-39(68)49(77)67-44(33(6)8-2)54(82)70-30-16-22-40(70)53(81)69-29-15-20-38(69)48(76)62-36(47(75)66-43)23-24-41(71)72/h31-40,42-44H,7-30,56-57H2,1-6H3,(H,61,73)(H,62,76)(H,63,78)(H,64,74)(H,65,79)(H,66,75)(H,67,77)(H,71,72)(H4,58,59,60)/t32-,33-,34-,35-,36-,37-,38-,39-,40+,42-,43-,44-/m0/s1. The van der Waals surface area contributed by atoms with Crippen LogP contribution in [0, 0.1) is 17.8 Å². The number of nitrogens with zero attached hydrogens (tertiary/aromatic N) is 4. The highest BCUT2D eigenvalue weighted by Crippen LogP contribution is 2.28. The highest BCUT2D eigenvalue weighted by Gasteiger charge is 2.47. The van der Waals surface area contributed by atoms with E-state index in [1.54, 1.807) is 34.6 Å². The number of aliphatic carboxylic acids is 1. The fourth-order valence-corrected chi connectivity index (χ4v) is 11.0. The van der Waals surface area contributed by atoms with Gasteiger partial charge in [-0.05, 0) is 127 Å². The first-order valence-electron chi connectivity index (χ1n) is 29.7. The van der Waals surface area contributed by atoms with E-state index in [1.807, 2.05) is 6.92 Å². The molecule has 0 saturated carbocycles. The first-order valence-corrected chi connectivity index (χ1v) is 29.7. The highest BCUT2D eigenvalue weighted by molar-refractivity contribution is 6.00. The number of carboxylic acids is 1. The molecular formula is C55H95N15O12. The second-order valence-electron chi connectivity index (χ2n) is 22.7. The smallest absolute Gasteiger partial charge is 0.303 e. The molecular weight excluding hydrogens is 1060 g/mol. The van der Waals surface area contributed by atoms with Crippen LogP contribution in [0.3, 0.4) is 0 Å². The summed E-state index contributed by atoms with van der Waals surface area (Å²) in [4.78, 5) is 166. The third-order valence-electron chi connectivity index (χ3n) is 16.3. The Balaban J connectivity index is 1.84. The maximum absolute atomic E-state index is 14.8. The van der Waals surface area contributed by atoms with Gasteiger partial charge in [0.25, 0.3) is 0 Å². The molecule has 0 aromatic heterocycles. The molecule has 4 fully saturated rings. The van der Waals surface area contributed by atoms with Gasteiger partial charge in [0.15, 0.2) is 5.96 Å². The van der Waals surface area contributed by atoms with Crippen molar-refractivity contribution in [3.63, 3.8) is 0 Å². The van der Waals surface area contributed by atoms with E-state index >= 15 is 0 Å². The number of nitrogens with one attached hydrogen (secondary N) is 7. The summed E-state index contributed by atoms with van der Waals surface area (Å²) < 4.78 is 0. The minimum atomic E-state index is -1.50. The van der Waals surface area contributed by atoms with E-state index < -0.39 is 156 Å². The van der Waals surface area contributed by atoms with Crippen LogP contribution in [-0.4, -0.2) is 190 Å². The van der Waals surface area contributed by atoms with Crippen molar-refractivity contribution < 1.29 is 57.8 Å². The first kappa shape index (κ1) is 67.9. The van der Waals surface area contributed by atoms with Gasteiger partial charge in [-0.25, -0.2) is 0 Å². The van der Waals surface area contributed by atoms with Crippen LogP contribution in [0.15, 0.2) is 4.99 Å². The summed E-state index contributed by atoms with van der Waals surface area (Å²) >= 11 is 0. The number of aliphatic imine (C=N–C) groups is 1. The fourth-order valence-electron chi connectivity index (χ4n) is 11.0. The minimum Gasteiger partial charge on any atom is -0.481 e. The lowest BCUT2D eigenvalue weighted by Crippen LogP contribution is -2.62. The maximum atomic E-state index is 14.8. The summed E-state index contributed by atoms with van der Waals surface area (Å²) in [5, 5.41) is 29.2. The fraction of sp³-hybridized carbons (Fsp3) is 0.782. The molecule has 0 radical (unpaired) electrons. The molecule has 0 unspecified atom stereocenters. The van der Waals surface area contributed by atoms with E-state index in [1.165, 1.54) is 14.7 Å². The SMILES string of the molecule is CC[C@H](C)[C@@H]1NC(=O)[C@H](CCC(=O)O)NC(=O)[C@@H]2CCCN2C(=O)[C@H]2CCCN2C(=O)[C@H]([C@@H](C)CC)NC(=O)[C@@H]2CCCN2C(=O)[C@H](CCCCN)NC(=O)[C@H](CCCCN)NC(=O)[C@H](CCCN=C(N)N)NC(=O)[C@H](C(C)C)NC1=O. The van der Waals surface area contributed by atoms with E-state index in [0.717, 1.165) is 0 Å². The van der Waals surface area contributed by atoms with E-state index in [4.69, 9.17) is 22.9 Å². The molecule has 0 aliphatic carbocycles. The van der Waals surface area contributed by atoms with E-state index in [0.29, 0.717) is 64.3 Å². The monoisotopic (exact) mass is 1160 g/mol. The van der Waals surface area contributed by atoms with Crippen LogP contribution in [0.4, 0.5) is 0 Å². The zero-order valence-electron chi connectivity index (χ0n) is 49.0. The Bertz CT molecular complexity index is 2270. The zero-order chi connectivity index (χ0) is 60.8. The molecule has 16 N–H and O–H groups in total. The molecule has 0 spiro atoms. The van der Waals surface area contributed by atoms with Crippen molar-refractivity contribution in [2.75, 3.05) is 39.3 Å². The number of carbonyl (C=O) groups is 11. The van der Waals surface area contributed by atoms with Crippen molar-refractivity contribution in [3.05, 3.63) is 0 Å². The molecule has 0 bridgehead atoms. The third-order valence-corrected chi connectivity index (χ3v) is 16.3. The summed E-state index contributed by atoms with van der Waals surface area (Å²) in [6, 6.07) is -12.2. The Hall–Kier alpha value is -6.64. The van der Waals surface area contributed by atoms with Crippen molar-refractivity contribution >= 4 is 71.0 Å². The quantitative estimate of drug-likeness (QED) is 0.0367. The average Bonchev–Trinajstić information content (AvgIpc) is 4.33. The van der Waals surface area contributed by atoms with Gasteiger partial charge in [0.05, 0.1) is 0 Å². The molecule has 462 valence electrons. The van der Waals surface area contributed by atoms with Gasteiger partial charge < -0.3 is 80.0 Å². The Morgan fingerprint density at radius 2 is 0.902 bits per heavy atom. The number of nitrogens with two attached hydrogens (primary N) is 4. The molecule has 4 heterocycles. The second-order valence-corrected chi connectivity index (χ2v) is 22.7. The second kappa shape index (κ2) is 33.5. The molecule has 12 atom stereocenters. The molecule has 4 aliphatic heterocycles. The van der Waals surface area contributed by atoms with Gasteiger partial charge in [-0.15, -0.1) is 0 Å². The number of hydrogen-bond donors (Lipinski definition) is 12. The highest BCUT2D eigenvalue weighted by atomic mass is 16.4. The van der Waals surface area contributed by atoms with Crippen LogP contribution in [0.5, 0.6) is 0 Å². The predicted octanol–water partition coefficient (Wildman–Crippen LogP) is -1.71. The predicted molar refractivity (Wildman–Crippen MR) is 304 cm³/mol. The number of rotatable bonds is 20. The summed E-state index contributed by atoms with van der Waals surface area (Å²) in [6.07, 6.45) is 3.92. The number of hydrogen-bond acceptors (Lipinski definition) is 14. The largest absolute Gasteiger partial charge is 0.481 e. The van der Waals surface area contributed by atoms with Crippen molar-refractivity contribution in [2.45, 2.75) is 218 Å². The Morgan fingerprint density at radius 1 is 0.500 bits per heavy atom. The Morgan fingerprint density at radius 3 is 1.43 bits per heavy atom. The van der Waals surface area contributed by atoms with Gasteiger partial charge in [-0.3, -0.25) is 57.7 Å². The summed E-state index contributed by atoms with van der Waals surface area (Å²) in [7, 11) is 0. The van der Waals surface area contributed by atoms with E-state index in [9.17, 15) is 57.8 Å². The van der Waals surface area contributed by atoms with Crippen LogP contribution >= 0.6 is 0 Å². The summed E-state index contributed by atoms with van der Waals surface area (Å²) in [6.45, 7) is 11.5. The maximum Gasteiger partial charge on any atom is 0.303 e. The molecule has 82 heavy (non-hydrogen) atoms. The average molecular weight is 1160 g/mol. The van der Waals surface area contributed by atoms with Crippen molar-refractivity contribution in [3.8, 4) is 0 Å². The number of carboxylic acid groups (broad SMARTS) is 1. The van der Waals surface area contributed by atoms with Crippen LogP contribution in [0.2, 0.25) is 0 Å². The molecule has 27 heteroatoms. The molecule has 4 aliphatic rings. The van der Waals surface area contributed by atoms with Crippen molar-refractivity contribution in [1.82, 2.24) is 51.9 Å². The number of amides is 10. The van der Waals surface area contributed by atoms with Crippen LogP contribution in [-0.2, 0) is 52.7 Å². The molecule has 10 amide bonds. The molecule has 0 aromatic carbocycles. The lowest BCUT2D eigenvalue weighted by Gasteiger charge is -2.35. The molecule has 4 rings (SSSR count). The van der Waals surface area contributed by atoms with Gasteiger partial charge in [-0.2, -0.15) is 0 Å². The number of fused-ring (bicyclic) bond motifs is 3. The van der Waals surface area contributed by atoms with E-state index in [-0.39, 0.29) is 83.6 Å². The third kappa shape index (κ3) is 19.2. The van der Waals surface area contributed by atoms with Crippen LogP contribution in [0.1, 0.15) is 157 Å². The van der Waals surface area contributed by atoms with Crippen molar-refractivity contribution in [1.29, 1.82) is 0 Å². The minimum absolute atomic E-state index is 0.0489. The van der Waals surface area contributed by atoms with Gasteiger partial charge in [0.1, 0.15) is 60.4 Å². The lowest BCUT2D eigenvalue weighted by atomic mass is 9.95. The first-order chi connectivity index (χ1) is 39.0. The molecule has 4 saturated heterocycles. The molecule has 0 aromatic rings. The zero-order valence-corrected chi connectivity index (χ0v) is 49.0. The topological polar surface area (TPSA) is 418 Å². The molecule has 27 nitrogen and oxygen atoms in total. The Labute approximate surface area is 481 Å². The summed E-state index contributed by atoms with van der Waals surface area (Å²) in [5.41, 5.74) is 22.9. The number of unbranched alkanes of at least 4 members (excludes halogenated alkanes) is 2. The number of carbonyl (C=O) groups excluding carboxylic acids is 10.